The molecule has 0 aliphatic rings. The molecule has 3 heterocycles. The summed E-state index contributed by atoms with van der Waals surface area (Å²) >= 11 is 0. The van der Waals surface area contributed by atoms with Crippen LogP contribution >= 0.6 is 0 Å². The predicted octanol–water partition coefficient (Wildman–Crippen LogP) is 5.82. The van der Waals surface area contributed by atoms with Crippen LogP contribution in [0.15, 0.2) is 60.7 Å². The van der Waals surface area contributed by atoms with E-state index in [2.05, 4.69) is 21.9 Å². The molecule has 0 bridgehead atoms. The summed E-state index contributed by atoms with van der Waals surface area (Å²) in [4.78, 5) is 16.9. The maximum atomic E-state index is 14.5. The fraction of sp³-hybridized carbons (Fsp3) is 0.160. The maximum Gasteiger partial charge on any atom is 0.202 e. The van der Waals surface area contributed by atoms with Crippen LogP contribution in [0.1, 0.15) is 19.8 Å². The number of hydrogen-bond acceptors (Lipinski definition) is 4. The highest BCUT2D eigenvalue weighted by atomic mass is 19.1. The Balaban J connectivity index is 1.72. The number of pyridine rings is 1. The topological polar surface area (TPSA) is 85.4 Å². The van der Waals surface area contributed by atoms with Crippen LogP contribution in [-0.4, -0.2) is 24.5 Å². The van der Waals surface area contributed by atoms with Crippen LogP contribution in [0.4, 0.5) is 14.7 Å². The Morgan fingerprint density at radius 2 is 1.67 bits per heavy atom. The minimum atomic E-state index is -0.691. The first-order valence-corrected chi connectivity index (χ1v) is 10.8. The third kappa shape index (κ3) is 3.73. The Labute approximate surface area is 189 Å². The predicted molar refractivity (Wildman–Crippen MR) is 125 cm³/mol. The average molecular weight is 444 g/mol. The second kappa shape index (κ2) is 8.46. The minimum absolute atomic E-state index is 0.0976. The van der Waals surface area contributed by atoms with E-state index in [0.29, 0.717) is 40.7 Å². The molecule has 0 unspecified atom stereocenters. The second-order valence-corrected chi connectivity index (χ2v) is 7.79. The highest BCUT2D eigenvalue weighted by molar-refractivity contribution is 5.83. The molecule has 0 aliphatic heterocycles. The monoisotopic (exact) mass is 444 g/mol. The molecule has 3 N–H and O–H groups in total. The molecule has 5 aromatic rings. The lowest BCUT2D eigenvalue weighted by Gasteiger charge is -2.06. The number of aryl methyl sites for hydroxylation is 1. The molecular formula is C25H22F2N6. The summed E-state index contributed by atoms with van der Waals surface area (Å²) in [6.07, 6.45) is 1.95. The number of rotatable bonds is 6. The molecule has 0 saturated carbocycles. The molecule has 0 fully saturated rings. The molecule has 6 nitrogen and oxygen atoms in total. The van der Waals surface area contributed by atoms with Crippen molar-refractivity contribution in [2.24, 2.45) is 0 Å². The lowest BCUT2D eigenvalue weighted by atomic mass is 10.1. The number of imidazole rings is 2. The summed E-state index contributed by atoms with van der Waals surface area (Å²) in [6, 6.07) is 16.8. The lowest BCUT2D eigenvalue weighted by Crippen LogP contribution is -2.04. The van der Waals surface area contributed by atoms with Gasteiger partial charge >= 0.3 is 0 Å². The summed E-state index contributed by atoms with van der Waals surface area (Å²) in [7, 11) is 0. The Morgan fingerprint density at radius 3 is 2.39 bits per heavy atom. The van der Waals surface area contributed by atoms with Gasteiger partial charge < -0.3 is 10.7 Å². The third-order valence-electron chi connectivity index (χ3n) is 5.56. The second-order valence-electron chi connectivity index (χ2n) is 7.79. The smallest absolute Gasteiger partial charge is 0.202 e. The summed E-state index contributed by atoms with van der Waals surface area (Å²) in [5.41, 5.74) is 9.75. The van der Waals surface area contributed by atoms with Gasteiger partial charge in [0, 0.05) is 12.1 Å². The first-order chi connectivity index (χ1) is 16.1. The van der Waals surface area contributed by atoms with E-state index in [1.807, 2.05) is 41.0 Å². The fourth-order valence-corrected chi connectivity index (χ4v) is 3.90. The molecule has 0 amide bonds. The van der Waals surface area contributed by atoms with Gasteiger partial charge in [0.2, 0.25) is 5.95 Å². The van der Waals surface area contributed by atoms with Gasteiger partial charge in [-0.25, -0.2) is 23.7 Å². The molecule has 5 rings (SSSR count). The molecule has 2 aromatic carbocycles. The highest BCUT2D eigenvalue weighted by Gasteiger charge is 2.21. The zero-order valence-electron chi connectivity index (χ0n) is 18.0. The van der Waals surface area contributed by atoms with Gasteiger partial charge in [-0.2, -0.15) is 0 Å². The number of aromatic amines is 1. The standard InChI is InChI=1S/C25H22F2N6/c1-2-3-14-33-24-19(30-25(33)28)13-12-18(29-24)22-21(15-8-5-4-6-9-15)31-23(32-22)20-16(26)10-7-11-17(20)27/h4-13H,2-3,14H2,1H3,(H2,28,30)(H,31,32). The molecular weight excluding hydrogens is 422 g/mol. The number of nitrogens with two attached hydrogens (primary N) is 1. The van der Waals surface area contributed by atoms with Gasteiger partial charge in [0.15, 0.2) is 5.65 Å². The quantitative estimate of drug-likeness (QED) is 0.346. The van der Waals surface area contributed by atoms with Crippen molar-refractivity contribution in [2.45, 2.75) is 26.3 Å². The minimum Gasteiger partial charge on any atom is -0.369 e. The number of aromatic nitrogens is 5. The van der Waals surface area contributed by atoms with E-state index in [4.69, 9.17) is 10.7 Å². The van der Waals surface area contributed by atoms with Crippen LogP contribution in [0.3, 0.4) is 0 Å². The summed E-state index contributed by atoms with van der Waals surface area (Å²) in [6.45, 7) is 2.81. The van der Waals surface area contributed by atoms with Gasteiger partial charge in [0.05, 0.1) is 22.6 Å². The van der Waals surface area contributed by atoms with Crippen LogP contribution in [0.2, 0.25) is 0 Å². The van der Waals surface area contributed by atoms with Gasteiger partial charge in [-0.05, 0) is 30.7 Å². The molecule has 0 radical (unpaired) electrons. The molecule has 0 spiro atoms. The van der Waals surface area contributed by atoms with E-state index in [0.717, 1.165) is 18.4 Å². The average Bonchev–Trinajstić information content (AvgIpc) is 3.38. The van der Waals surface area contributed by atoms with E-state index in [-0.39, 0.29) is 11.4 Å². The number of nitrogens with one attached hydrogen (secondary N) is 1. The normalized spacial score (nSPS) is 11.4. The molecule has 3 aromatic heterocycles. The van der Waals surface area contributed by atoms with E-state index in [9.17, 15) is 8.78 Å². The maximum absolute atomic E-state index is 14.5. The summed E-state index contributed by atoms with van der Waals surface area (Å²) in [5.74, 6) is -0.877. The molecule has 8 heteroatoms. The molecule has 33 heavy (non-hydrogen) atoms. The SMILES string of the molecule is CCCCn1c(N)nc2ccc(-c3[nH]c(-c4c(F)cccc4F)nc3-c3ccccc3)nc21. The zero-order valence-corrected chi connectivity index (χ0v) is 18.0. The first kappa shape index (κ1) is 20.8. The zero-order chi connectivity index (χ0) is 22.9. The van der Waals surface area contributed by atoms with Crippen molar-refractivity contribution in [3.8, 4) is 34.0 Å². The van der Waals surface area contributed by atoms with Gasteiger partial charge in [-0.3, -0.25) is 4.57 Å². The van der Waals surface area contributed by atoms with Gasteiger partial charge in [0.1, 0.15) is 23.0 Å². The summed E-state index contributed by atoms with van der Waals surface area (Å²) in [5, 5.41) is 0. The first-order valence-electron chi connectivity index (χ1n) is 10.8. The van der Waals surface area contributed by atoms with Crippen molar-refractivity contribution in [3.05, 3.63) is 72.3 Å². The Hall–Kier alpha value is -4.07. The van der Waals surface area contributed by atoms with Crippen molar-refractivity contribution >= 4 is 17.1 Å². The van der Waals surface area contributed by atoms with Crippen molar-refractivity contribution < 1.29 is 8.78 Å². The van der Waals surface area contributed by atoms with Crippen LogP contribution in [0, 0.1) is 11.6 Å². The van der Waals surface area contributed by atoms with Crippen LogP contribution in [-0.2, 0) is 6.54 Å². The van der Waals surface area contributed by atoms with Crippen molar-refractivity contribution in [1.29, 1.82) is 0 Å². The number of halogens is 2. The Kier molecular flexibility index (Phi) is 5.34. The summed E-state index contributed by atoms with van der Waals surface area (Å²) < 4.78 is 30.9. The van der Waals surface area contributed by atoms with Gasteiger partial charge in [0.25, 0.3) is 0 Å². The van der Waals surface area contributed by atoms with E-state index in [1.165, 1.54) is 18.2 Å². The Bertz CT molecular complexity index is 1420. The van der Waals surface area contributed by atoms with Crippen LogP contribution in [0.25, 0.3) is 45.2 Å². The van der Waals surface area contributed by atoms with E-state index < -0.39 is 11.6 Å². The Morgan fingerprint density at radius 1 is 0.909 bits per heavy atom. The third-order valence-corrected chi connectivity index (χ3v) is 5.56. The number of hydrogen-bond donors (Lipinski definition) is 2. The van der Waals surface area contributed by atoms with Crippen LogP contribution in [0.5, 0.6) is 0 Å². The molecule has 0 saturated heterocycles. The van der Waals surface area contributed by atoms with Crippen molar-refractivity contribution in [2.75, 3.05) is 5.73 Å². The van der Waals surface area contributed by atoms with E-state index >= 15 is 0 Å². The number of nitrogen functional groups attached to an aromatic ring is 1. The number of nitrogens with zero attached hydrogens (tertiary/aromatic N) is 4. The number of anilines is 1. The van der Waals surface area contributed by atoms with Crippen molar-refractivity contribution in [1.82, 2.24) is 24.5 Å². The van der Waals surface area contributed by atoms with Crippen molar-refractivity contribution in [3.63, 3.8) is 0 Å². The fourth-order valence-electron chi connectivity index (χ4n) is 3.90. The number of benzene rings is 2. The van der Waals surface area contributed by atoms with Crippen LogP contribution < -0.4 is 5.73 Å². The van der Waals surface area contributed by atoms with Gasteiger partial charge in [-0.15, -0.1) is 0 Å². The van der Waals surface area contributed by atoms with Gasteiger partial charge in [-0.1, -0.05) is 49.7 Å². The number of H-pyrrole nitrogens is 1. The van der Waals surface area contributed by atoms with E-state index in [1.54, 1.807) is 6.07 Å². The number of unbranched alkanes of at least 4 members (excludes halogenated alkanes) is 1. The number of fused-ring (bicyclic) bond motifs is 1. The molecule has 166 valence electrons. The molecule has 0 atom stereocenters. The highest BCUT2D eigenvalue weighted by Crippen LogP contribution is 2.34. The lowest BCUT2D eigenvalue weighted by molar-refractivity contribution is 0.588. The molecule has 0 aliphatic carbocycles. The largest absolute Gasteiger partial charge is 0.369 e.